The van der Waals surface area contributed by atoms with E-state index in [0.717, 1.165) is 30.3 Å². The van der Waals surface area contributed by atoms with Crippen LogP contribution in [0.2, 0.25) is 5.02 Å². The van der Waals surface area contributed by atoms with Crippen LogP contribution < -0.4 is 10.6 Å². The lowest BCUT2D eigenvalue weighted by Crippen LogP contribution is -2.23. The summed E-state index contributed by atoms with van der Waals surface area (Å²) in [6.07, 6.45) is 2.49. The topological polar surface area (TPSA) is 24.1 Å². The van der Waals surface area contributed by atoms with Gasteiger partial charge in [-0.2, -0.15) is 0 Å². The second-order valence-electron chi connectivity index (χ2n) is 3.99. The van der Waals surface area contributed by atoms with Crippen molar-refractivity contribution in [3.63, 3.8) is 0 Å². The Bertz CT molecular complexity index is 313. The zero-order chi connectivity index (χ0) is 11.8. The lowest BCUT2D eigenvalue weighted by molar-refractivity contribution is 0.652. The van der Waals surface area contributed by atoms with Crippen molar-refractivity contribution in [2.24, 2.45) is 0 Å². The van der Waals surface area contributed by atoms with Crippen LogP contribution >= 0.6 is 11.6 Å². The molecule has 1 aromatic rings. The molecule has 0 aromatic heterocycles. The Morgan fingerprint density at radius 2 is 2.00 bits per heavy atom. The fraction of sp³-hybridized carbons (Fsp3) is 0.538. The first kappa shape index (κ1) is 13.3. The molecule has 0 amide bonds. The van der Waals surface area contributed by atoms with E-state index in [-0.39, 0.29) is 0 Å². The number of nitrogens with one attached hydrogen (secondary N) is 2. The lowest BCUT2D eigenvalue weighted by Gasteiger charge is -2.10. The van der Waals surface area contributed by atoms with Gasteiger partial charge in [0.1, 0.15) is 0 Å². The number of unbranched alkanes of at least 4 members (excludes halogenated alkanes) is 1. The SMILES string of the molecule is CCCCNCCNc1cc(Cl)ccc1C. The minimum absolute atomic E-state index is 0.784. The normalized spacial score (nSPS) is 10.4. The van der Waals surface area contributed by atoms with Crippen LogP contribution in [0.4, 0.5) is 5.69 Å². The molecule has 0 aliphatic heterocycles. The zero-order valence-electron chi connectivity index (χ0n) is 10.1. The third-order valence-electron chi connectivity index (χ3n) is 2.52. The summed E-state index contributed by atoms with van der Waals surface area (Å²) >= 11 is 5.94. The lowest BCUT2D eigenvalue weighted by atomic mass is 10.2. The predicted octanol–water partition coefficient (Wildman–Crippen LogP) is 3.45. The second kappa shape index (κ2) is 7.53. The largest absolute Gasteiger partial charge is 0.384 e. The van der Waals surface area contributed by atoms with Crippen molar-refractivity contribution in [2.45, 2.75) is 26.7 Å². The Hall–Kier alpha value is -0.730. The van der Waals surface area contributed by atoms with Gasteiger partial charge in [0.2, 0.25) is 0 Å². The Morgan fingerprint density at radius 3 is 2.75 bits per heavy atom. The minimum Gasteiger partial charge on any atom is -0.384 e. The van der Waals surface area contributed by atoms with E-state index in [1.807, 2.05) is 18.2 Å². The van der Waals surface area contributed by atoms with E-state index >= 15 is 0 Å². The van der Waals surface area contributed by atoms with E-state index in [1.165, 1.54) is 18.4 Å². The summed E-state index contributed by atoms with van der Waals surface area (Å²) in [6.45, 7) is 7.32. The van der Waals surface area contributed by atoms with Crippen molar-refractivity contribution in [1.29, 1.82) is 0 Å². The summed E-state index contributed by atoms with van der Waals surface area (Å²) < 4.78 is 0. The van der Waals surface area contributed by atoms with Gasteiger partial charge in [0, 0.05) is 23.8 Å². The average molecular weight is 241 g/mol. The molecule has 3 heteroatoms. The van der Waals surface area contributed by atoms with Crippen LogP contribution in [0, 0.1) is 6.92 Å². The Balaban J connectivity index is 2.23. The van der Waals surface area contributed by atoms with Gasteiger partial charge in [0.05, 0.1) is 0 Å². The van der Waals surface area contributed by atoms with Crippen molar-refractivity contribution in [3.05, 3.63) is 28.8 Å². The van der Waals surface area contributed by atoms with Crippen molar-refractivity contribution < 1.29 is 0 Å². The van der Waals surface area contributed by atoms with E-state index in [0.29, 0.717) is 0 Å². The molecular weight excluding hydrogens is 220 g/mol. The highest BCUT2D eigenvalue weighted by molar-refractivity contribution is 6.30. The summed E-state index contributed by atoms with van der Waals surface area (Å²) in [7, 11) is 0. The van der Waals surface area contributed by atoms with E-state index in [9.17, 15) is 0 Å². The maximum atomic E-state index is 5.94. The van der Waals surface area contributed by atoms with Crippen LogP contribution in [0.5, 0.6) is 0 Å². The monoisotopic (exact) mass is 240 g/mol. The first-order valence-electron chi connectivity index (χ1n) is 5.94. The summed E-state index contributed by atoms with van der Waals surface area (Å²) in [5, 5.41) is 7.56. The number of hydrogen-bond acceptors (Lipinski definition) is 2. The molecule has 0 atom stereocenters. The zero-order valence-corrected chi connectivity index (χ0v) is 10.9. The smallest absolute Gasteiger partial charge is 0.0426 e. The van der Waals surface area contributed by atoms with Crippen molar-refractivity contribution >= 4 is 17.3 Å². The molecule has 2 N–H and O–H groups in total. The molecule has 0 radical (unpaired) electrons. The highest BCUT2D eigenvalue weighted by atomic mass is 35.5. The molecule has 1 rings (SSSR count). The highest BCUT2D eigenvalue weighted by Crippen LogP contribution is 2.19. The number of halogens is 1. The van der Waals surface area contributed by atoms with Crippen LogP contribution in [0.15, 0.2) is 18.2 Å². The molecule has 0 aliphatic carbocycles. The fourth-order valence-electron chi connectivity index (χ4n) is 1.50. The summed E-state index contributed by atoms with van der Waals surface area (Å²) in [4.78, 5) is 0. The molecule has 2 nitrogen and oxygen atoms in total. The van der Waals surface area contributed by atoms with E-state index < -0.39 is 0 Å². The van der Waals surface area contributed by atoms with Crippen LogP contribution in [-0.2, 0) is 0 Å². The molecule has 0 spiro atoms. The molecule has 0 fully saturated rings. The van der Waals surface area contributed by atoms with Gasteiger partial charge in [-0.1, -0.05) is 31.0 Å². The molecule has 0 saturated carbocycles. The van der Waals surface area contributed by atoms with Gasteiger partial charge in [-0.15, -0.1) is 0 Å². The van der Waals surface area contributed by atoms with Gasteiger partial charge >= 0.3 is 0 Å². The summed E-state index contributed by atoms with van der Waals surface area (Å²) in [5.41, 5.74) is 2.36. The maximum Gasteiger partial charge on any atom is 0.0426 e. The molecule has 1 aromatic carbocycles. The molecule has 0 saturated heterocycles. The molecule has 90 valence electrons. The first-order valence-corrected chi connectivity index (χ1v) is 6.32. The number of hydrogen-bond donors (Lipinski definition) is 2. The van der Waals surface area contributed by atoms with Gasteiger partial charge in [-0.25, -0.2) is 0 Å². The predicted molar refractivity (Wildman–Crippen MR) is 72.5 cm³/mol. The number of anilines is 1. The minimum atomic E-state index is 0.784. The van der Waals surface area contributed by atoms with E-state index in [1.54, 1.807) is 0 Å². The van der Waals surface area contributed by atoms with Gasteiger partial charge in [0.15, 0.2) is 0 Å². The molecule has 0 bridgehead atoms. The van der Waals surface area contributed by atoms with Gasteiger partial charge in [-0.3, -0.25) is 0 Å². The molecular formula is C13H21ClN2. The number of aryl methyl sites for hydroxylation is 1. The molecule has 0 unspecified atom stereocenters. The van der Waals surface area contributed by atoms with Crippen molar-refractivity contribution in [3.8, 4) is 0 Å². The van der Waals surface area contributed by atoms with Crippen molar-refractivity contribution in [1.82, 2.24) is 5.32 Å². The first-order chi connectivity index (χ1) is 7.74. The van der Waals surface area contributed by atoms with Crippen molar-refractivity contribution in [2.75, 3.05) is 25.0 Å². The Kier molecular flexibility index (Phi) is 6.27. The van der Waals surface area contributed by atoms with Crippen LogP contribution in [-0.4, -0.2) is 19.6 Å². The Morgan fingerprint density at radius 1 is 1.19 bits per heavy atom. The Labute approximate surface area is 103 Å². The highest BCUT2D eigenvalue weighted by Gasteiger charge is 1.97. The fourth-order valence-corrected chi connectivity index (χ4v) is 1.67. The third-order valence-corrected chi connectivity index (χ3v) is 2.76. The maximum absolute atomic E-state index is 5.94. The summed E-state index contributed by atoms with van der Waals surface area (Å²) in [6, 6.07) is 5.93. The quantitative estimate of drug-likeness (QED) is 0.714. The van der Waals surface area contributed by atoms with Crippen LogP contribution in [0.1, 0.15) is 25.3 Å². The number of benzene rings is 1. The van der Waals surface area contributed by atoms with E-state index in [2.05, 4.69) is 24.5 Å². The third kappa shape index (κ3) is 4.86. The average Bonchev–Trinajstić information content (AvgIpc) is 2.28. The van der Waals surface area contributed by atoms with Crippen LogP contribution in [0.25, 0.3) is 0 Å². The van der Waals surface area contributed by atoms with Crippen LogP contribution in [0.3, 0.4) is 0 Å². The summed E-state index contributed by atoms with van der Waals surface area (Å²) in [5.74, 6) is 0. The molecule has 0 heterocycles. The van der Waals surface area contributed by atoms with Gasteiger partial charge < -0.3 is 10.6 Å². The second-order valence-corrected chi connectivity index (χ2v) is 4.43. The van der Waals surface area contributed by atoms with E-state index in [4.69, 9.17) is 11.6 Å². The molecule has 0 aliphatic rings. The van der Waals surface area contributed by atoms with Gasteiger partial charge in [-0.05, 0) is 37.6 Å². The standard InChI is InChI=1S/C13H21ClN2/c1-3-4-7-15-8-9-16-13-10-12(14)6-5-11(13)2/h5-6,10,15-16H,3-4,7-9H2,1-2H3. The molecule has 16 heavy (non-hydrogen) atoms. The van der Waals surface area contributed by atoms with Gasteiger partial charge in [0.25, 0.3) is 0 Å². The number of rotatable bonds is 7.